The van der Waals surface area contributed by atoms with Gasteiger partial charge in [-0.25, -0.2) is 0 Å². The Morgan fingerprint density at radius 2 is 1.36 bits per heavy atom. The fraction of sp³-hybridized carbons (Fsp3) is 0. The Hall–Kier alpha value is -0.800. The first-order chi connectivity index (χ1) is 4.81. The van der Waals surface area contributed by atoms with E-state index in [1.54, 1.807) is 0 Å². The van der Waals surface area contributed by atoms with E-state index in [9.17, 15) is 16.8 Å². The van der Waals surface area contributed by atoms with E-state index in [0.717, 1.165) is 0 Å². The fourth-order valence-corrected chi connectivity index (χ4v) is 1.98. The molecule has 0 aromatic heterocycles. The van der Waals surface area contributed by atoms with E-state index in [-0.39, 0.29) is 0 Å². The summed E-state index contributed by atoms with van der Waals surface area (Å²) in [4.78, 5) is 0. The highest BCUT2D eigenvalue weighted by atomic mass is 32.3. The third-order valence-corrected chi connectivity index (χ3v) is 2.67. The molecule has 0 unspecified atom stereocenters. The molecule has 0 bridgehead atoms. The monoisotopic (exact) mass is 202 g/mol. The second-order valence-corrected chi connectivity index (χ2v) is 3.93. The average Bonchev–Trinajstić information content (AvgIpc) is 1.49. The molecule has 1 saturated heterocycles. The topological polar surface area (TPSA) is 96.0 Å². The maximum Gasteiger partial charge on any atom is 0.469 e. The summed E-state index contributed by atoms with van der Waals surface area (Å²) in [5.41, 5.74) is 0. The molecule has 0 aromatic rings. The lowest BCUT2D eigenvalue weighted by Crippen LogP contribution is -2.24. The van der Waals surface area contributed by atoms with Crippen LogP contribution in [0.15, 0.2) is 12.5 Å². The molecule has 1 heterocycles. The normalized spacial score (nSPS) is 26.7. The first-order valence-electron chi connectivity index (χ1n) is 2.10. The zero-order valence-corrected chi connectivity index (χ0v) is 6.51. The summed E-state index contributed by atoms with van der Waals surface area (Å²) in [6, 6.07) is 0. The van der Waals surface area contributed by atoms with Gasteiger partial charge in [-0.1, -0.05) is 3.63 Å². The minimum atomic E-state index is -4.55. The van der Waals surface area contributed by atoms with E-state index in [1.807, 2.05) is 0 Å². The molecule has 9 heteroatoms. The van der Waals surface area contributed by atoms with E-state index < -0.39 is 26.7 Å². The number of hydrogen-bond acceptors (Lipinski definition) is 7. The first-order valence-corrected chi connectivity index (χ1v) is 4.76. The van der Waals surface area contributed by atoms with Crippen LogP contribution in [0.4, 0.5) is 0 Å². The summed E-state index contributed by atoms with van der Waals surface area (Å²) < 4.78 is 52.1. The van der Waals surface area contributed by atoms with E-state index in [4.69, 9.17) is 0 Å². The van der Waals surface area contributed by atoms with Gasteiger partial charge in [-0.15, -0.1) is 0 Å². The predicted molar refractivity (Wildman–Crippen MR) is 30.2 cm³/mol. The molecule has 64 valence electrons. The van der Waals surface area contributed by atoms with Crippen molar-refractivity contribution in [1.29, 1.82) is 0 Å². The molecule has 11 heavy (non-hydrogen) atoms. The molecule has 1 aliphatic heterocycles. The van der Waals surface area contributed by atoms with E-state index >= 15 is 0 Å². The molecule has 1 rings (SSSR count). The largest absolute Gasteiger partial charge is 0.469 e. The van der Waals surface area contributed by atoms with Gasteiger partial charge >= 0.3 is 26.7 Å². The molecule has 7 nitrogen and oxygen atoms in total. The lowest BCUT2D eigenvalue weighted by molar-refractivity contribution is 0.168. The molecule has 0 atom stereocenters. The summed E-state index contributed by atoms with van der Waals surface area (Å²) in [7, 11) is -9.10. The summed E-state index contributed by atoms with van der Waals surface area (Å²) in [5, 5.41) is 0. The molecule has 0 aliphatic carbocycles. The highest BCUT2D eigenvalue weighted by Crippen LogP contribution is 2.18. The minimum absolute atomic E-state index is 0.865. The Bertz CT molecular complexity index is 335. The molecule has 1 fully saturated rings. The van der Waals surface area contributed by atoms with Gasteiger partial charge in [-0.05, 0) is 6.58 Å². The lowest BCUT2D eigenvalue weighted by atomic mass is 11.1. The van der Waals surface area contributed by atoms with Crippen molar-refractivity contribution in [2.45, 2.75) is 0 Å². The number of rotatable bonds is 0. The van der Waals surface area contributed by atoms with Crippen LogP contribution < -0.4 is 0 Å². The van der Waals surface area contributed by atoms with Crippen molar-refractivity contribution < 1.29 is 28.8 Å². The molecular formula is C2H2O7S2. The van der Waals surface area contributed by atoms with Crippen LogP contribution >= 0.6 is 0 Å². The van der Waals surface area contributed by atoms with Crippen molar-refractivity contribution in [3.63, 3.8) is 0 Å². The Balaban J connectivity index is 3.12. The molecular weight excluding hydrogens is 200 g/mol. The van der Waals surface area contributed by atoms with Crippen LogP contribution in [-0.4, -0.2) is 16.8 Å². The second kappa shape index (κ2) is 2.09. The van der Waals surface area contributed by atoms with E-state index in [1.165, 1.54) is 0 Å². The van der Waals surface area contributed by atoms with Gasteiger partial charge in [0.2, 0.25) is 0 Å². The quantitative estimate of drug-likeness (QED) is 0.497. The van der Waals surface area contributed by atoms with Crippen molar-refractivity contribution >= 4 is 20.8 Å². The third-order valence-electron chi connectivity index (χ3n) is 0.557. The Labute approximate surface area is 62.8 Å². The van der Waals surface area contributed by atoms with Crippen LogP contribution in [0.3, 0.4) is 0 Å². The number of hydrogen-bond donors (Lipinski definition) is 0. The van der Waals surface area contributed by atoms with Gasteiger partial charge in [0.1, 0.15) is 0 Å². The van der Waals surface area contributed by atoms with Crippen molar-refractivity contribution in [3.8, 4) is 0 Å². The van der Waals surface area contributed by atoms with Crippen molar-refractivity contribution in [3.05, 3.63) is 12.5 Å². The van der Waals surface area contributed by atoms with Crippen LogP contribution in [0.2, 0.25) is 0 Å². The molecule has 0 amide bonds. The van der Waals surface area contributed by atoms with Gasteiger partial charge in [0, 0.05) is 0 Å². The highest BCUT2D eigenvalue weighted by Gasteiger charge is 2.34. The third kappa shape index (κ3) is 2.06. The van der Waals surface area contributed by atoms with Gasteiger partial charge in [0.25, 0.3) is 0 Å². The molecule has 1 aliphatic rings. The second-order valence-electron chi connectivity index (χ2n) is 1.42. The summed E-state index contributed by atoms with van der Waals surface area (Å²) >= 11 is 0. The summed E-state index contributed by atoms with van der Waals surface area (Å²) in [6.07, 6.45) is 0. The Morgan fingerprint density at radius 1 is 1.00 bits per heavy atom. The van der Waals surface area contributed by atoms with Crippen molar-refractivity contribution in [1.82, 2.24) is 0 Å². The minimum Gasteiger partial charge on any atom is -0.324 e. The van der Waals surface area contributed by atoms with Gasteiger partial charge in [-0.2, -0.15) is 16.8 Å². The van der Waals surface area contributed by atoms with Crippen molar-refractivity contribution in [2.24, 2.45) is 0 Å². The van der Waals surface area contributed by atoms with E-state index in [0.29, 0.717) is 0 Å². The van der Waals surface area contributed by atoms with Gasteiger partial charge in [-0.3, -0.25) is 0 Å². The first kappa shape index (κ1) is 8.30. The maximum absolute atomic E-state index is 10.3. The fourth-order valence-electron chi connectivity index (χ4n) is 0.371. The highest BCUT2D eigenvalue weighted by molar-refractivity contribution is 7.95. The Morgan fingerprint density at radius 3 is 1.64 bits per heavy atom. The van der Waals surface area contributed by atoms with E-state index in [2.05, 4.69) is 18.6 Å². The Kier molecular flexibility index (Phi) is 1.58. The standard InChI is InChI=1S/C2H2O7S2/c1-2-7-10(3,4)9-11(5,6)8-2/h1H2. The van der Waals surface area contributed by atoms with Gasteiger partial charge in [0.15, 0.2) is 0 Å². The molecule has 0 aromatic carbocycles. The SMILES string of the molecule is C=C1OS(=O)(=O)OS(=O)(=O)O1. The molecule has 0 radical (unpaired) electrons. The van der Waals surface area contributed by atoms with Gasteiger partial charge < -0.3 is 8.37 Å². The zero-order chi connectivity index (χ0) is 8.70. The predicted octanol–water partition coefficient (Wildman–Crippen LogP) is -0.989. The van der Waals surface area contributed by atoms with Crippen LogP contribution in [-0.2, 0) is 32.8 Å². The van der Waals surface area contributed by atoms with Crippen LogP contribution in [0.25, 0.3) is 0 Å². The van der Waals surface area contributed by atoms with Crippen molar-refractivity contribution in [2.75, 3.05) is 0 Å². The maximum atomic E-state index is 10.3. The molecule has 0 spiro atoms. The molecule has 0 saturated carbocycles. The van der Waals surface area contributed by atoms with Crippen LogP contribution in [0.1, 0.15) is 0 Å². The van der Waals surface area contributed by atoms with Gasteiger partial charge in [0.05, 0.1) is 0 Å². The molecule has 0 N–H and O–H groups in total. The summed E-state index contributed by atoms with van der Waals surface area (Å²) in [6.45, 7) is 2.82. The summed E-state index contributed by atoms with van der Waals surface area (Å²) in [5.74, 6) is -0.865. The van der Waals surface area contributed by atoms with Crippen LogP contribution in [0.5, 0.6) is 0 Å². The zero-order valence-electron chi connectivity index (χ0n) is 4.88. The average molecular weight is 202 g/mol. The van der Waals surface area contributed by atoms with Crippen LogP contribution in [0, 0.1) is 0 Å². The lowest BCUT2D eigenvalue weighted by Gasteiger charge is -2.13. The smallest absolute Gasteiger partial charge is 0.324 e.